The summed E-state index contributed by atoms with van der Waals surface area (Å²) in [7, 11) is 0. The number of benzene rings is 1. The van der Waals surface area contributed by atoms with Gasteiger partial charge in [0.2, 0.25) is 5.91 Å². The highest BCUT2D eigenvalue weighted by Gasteiger charge is 2.48. The fourth-order valence-corrected chi connectivity index (χ4v) is 3.74. The van der Waals surface area contributed by atoms with Gasteiger partial charge in [0, 0.05) is 19.6 Å². The van der Waals surface area contributed by atoms with Crippen LogP contribution in [-0.2, 0) is 20.9 Å². The van der Waals surface area contributed by atoms with Crippen molar-refractivity contribution in [3.8, 4) is 0 Å². The molecule has 0 radical (unpaired) electrons. The quantitative estimate of drug-likeness (QED) is 0.820. The van der Waals surface area contributed by atoms with Gasteiger partial charge in [0.15, 0.2) is 0 Å². The third kappa shape index (κ3) is 5.19. The topological polar surface area (TPSA) is 88.2 Å². The van der Waals surface area contributed by atoms with E-state index in [0.29, 0.717) is 25.9 Å². The van der Waals surface area contributed by atoms with E-state index < -0.39 is 23.3 Å². The number of piperazine rings is 1. The first kappa shape index (κ1) is 21.0. The van der Waals surface area contributed by atoms with Gasteiger partial charge in [-0.15, -0.1) is 0 Å². The number of ether oxygens (including phenoxy) is 2. The first-order chi connectivity index (χ1) is 13.7. The minimum atomic E-state index is -0.698. The lowest BCUT2D eigenvalue weighted by Crippen LogP contribution is -2.70. The lowest BCUT2D eigenvalue weighted by Gasteiger charge is -2.50. The minimum Gasteiger partial charge on any atom is -0.445 e. The number of rotatable bonds is 2. The van der Waals surface area contributed by atoms with E-state index in [9.17, 15) is 14.4 Å². The molecule has 2 fully saturated rings. The Morgan fingerprint density at radius 1 is 1.17 bits per heavy atom. The Hall–Kier alpha value is -2.77. The fraction of sp³-hybridized carbons (Fsp3) is 0.571. The average molecular weight is 403 g/mol. The van der Waals surface area contributed by atoms with Crippen molar-refractivity contribution in [2.75, 3.05) is 26.2 Å². The van der Waals surface area contributed by atoms with Crippen LogP contribution < -0.4 is 5.32 Å². The number of carbonyl (C=O) groups is 3. The molecule has 2 saturated heterocycles. The van der Waals surface area contributed by atoms with Crippen molar-refractivity contribution in [3.63, 3.8) is 0 Å². The lowest BCUT2D eigenvalue weighted by atomic mass is 9.85. The van der Waals surface area contributed by atoms with Crippen molar-refractivity contribution in [2.45, 2.75) is 51.4 Å². The number of likely N-dealkylation sites (tertiary alicyclic amines) is 1. The molecule has 3 rings (SSSR count). The van der Waals surface area contributed by atoms with Gasteiger partial charge in [-0.05, 0) is 39.2 Å². The van der Waals surface area contributed by atoms with Gasteiger partial charge < -0.3 is 19.7 Å². The second-order valence-electron chi connectivity index (χ2n) is 8.63. The Labute approximate surface area is 171 Å². The van der Waals surface area contributed by atoms with Gasteiger partial charge in [0.1, 0.15) is 18.8 Å². The van der Waals surface area contributed by atoms with Gasteiger partial charge in [0.25, 0.3) is 0 Å². The molecule has 2 aliphatic heterocycles. The second-order valence-corrected chi connectivity index (χ2v) is 8.63. The highest BCUT2D eigenvalue weighted by Crippen LogP contribution is 2.31. The zero-order chi connectivity index (χ0) is 21.1. The number of nitrogens with one attached hydrogen (secondary N) is 1. The Balaban J connectivity index is 1.73. The predicted molar refractivity (Wildman–Crippen MR) is 106 cm³/mol. The number of nitrogens with zero attached hydrogens (tertiary/aromatic N) is 2. The van der Waals surface area contributed by atoms with Gasteiger partial charge in [-0.25, -0.2) is 9.59 Å². The van der Waals surface area contributed by atoms with E-state index in [0.717, 1.165) is 5.56 Å². The van der Waals surface area contributed by atoms with Gasteiger partial charge in [0.05, 0.1) is 5.54 Å². The maximum Gasteiger partial charge on any atom is 0.411 e. The number of amides is 3. The molecule has 158 valence electrons. The summed E-state index contributed by atoms with van der Waals surface area (Å²) in [6, 6.07) is 9.38. The molecular weight excluding hydrogens is 374 g/mol. The highest BCUT2D eigenvalue weighted by atomic mass is 16.6. The van der Waals surface area contributed by atoms with E-state index in [1.165, 1.54) is 4.90 Å². The molecule has 1 aromatic rings. The summed E-state index contributed by atoms with van der Waals surface area (Å²) in [5.74, 6) is -0.235. The van der Waals surface area contributed by atoms with Crippen molar-refractivity contribution < 1.29 is 23.9 Å². The van der Waals surface area contributed by atoms with Crippen LogP contribution in [0.2, 0.25) is 0 Å². The van der Waals surface area contributed by atoms with Gasteiger partial charge >= 0.3 is 12.2 Å². The Morgan fingerprint density at radius 3 is 2.59 bits per heavy atom. The Kier molecular flexibility index (Phi) is 6.00. The van der Waals surface area contributed by atoms with Crippen LogP contribution in [0.1, 0.15) is 39.2 Å². The summed E-state index contributed by atoms with van der Waals surface area (Å²) >= 11 is 0. The largest absolute Gasteiger partial charge is 0.445 e. The number of hydrogen-bond acceptors (Lipinski definition) is 5. The van der Waals surface area contributed by atoms with E-state index >= 15 is 0 Å². The van der Waals surface area contributed by atoms with Crippen LogP contribution >= 0.6 is 0 Å². The predicted octanol–water partition coefficient (Wildman–Crippen LogP) is 2.52. The van der Waals surface area contributed by atoms with Crippen molar-refractivity contribution in [3.05, 3.63) is 35.9 Å². The molecule has 0 aromatic heterocycles. The normalized spacial score (nSPS) is 22.2. The SMILES string of the molecule is CC(C)(C)OC(=O)N1CCC[C@@]2(CNC(=O)CN2C(=O)OCc2ccccc2)C1. The van der Waals surface area contributed by atoms with Crippen molar-refractivity contribution in [1.29, 1.82) is 0 Å². The van der Waals surface area contributed by atoms with Crippen molar-refractivity contribution >= 4 is 18.1 Å². The average Bonchev–Trinajstić information content (AvgIpc) is 2.68. The van der Waals surface area contributed by atoms with Crippen molar-refractivity contribution in [2.24, 2.45) is 0 Å². The van der Waals surface area contributed by atoms with E-state index in [1.54, 1.807) is 4.90 Å². The van der Waals surface area contributed by atoms with Crippen LogP contribution in [-0.4, -0.2) is 65.2 Å². The maximum absolute atomic E-state index is 12.9. The smallest absolute Gasteiger partial charge is 0.411 e. The van der Waals surface area contributed by atoms with E-state index in [2.05, 4.69) is 5.32 Å². The zero-order valence-corrected chi connectivity index (χ0v) is 17.3. The summed E-state index contributed by atoms with van der Waals surface area (Å²) in [6.07, 6.45) is 0.422. The molecule has 1 spiro atoms. The summed E-state index contributed by atoms with van der Waals surface area (Å²) in [5.41, 5.74) is -0.427. The minimum absolute atomic E-state index is 0.0875. The number of piperidine rings is 1. The van der Waals surface area contributed by atoms with Crippen LogP contribution in [0.15, 0.2) is 30.3 Å². The molecule has 0 aliphatic carbocycles. The molecule has 3 amide bonds. The molecule has 0 bridgehead atoms. The monoisotopic (exact) mass is 403 g/mol. The van der Waals surface area contributed by atoms with Gasteiger partial charge in [-0.1, -0.05) is 30.3 Å². The lowest BCUT2D eigenvalue weighted by molar-refractivity contribution is -0.129. The van der Waals surface area contributed by atoms with Gasteiger partial charge in [-0.3, -0.25) is 9.69 Å². The van der Waals surface area contributed by atoms with Gasteiger partial charge in [-0.2, -0.15) is 0 Å². The number of hydrogen-bond donors (Lipinski definition) is 1. The molecule has 29 heavy (non-hydrogen) atoms. The molecule has 2 aliphatic rings. The molecule has 8 heteroatoms. The van der Waals surface area contributed by atoms with Crippen LogP contribution in [0.25, 0.3) is 0 Å². The molecule has 1 N–H and O–H groups in total. The molecule has 8 nitrogen and oxygen atoms in total. The first-order valence-corrected chi connectivity index (χ1v) is 9.91. The van der Waals surface area contributed by atoms with E-state index in [4.69, 9.17) is 9.47 Å². The van der Waals surface area contributed by atoms with Crippen LogP contribution in [0.4, 0.5) is 9.59 Å². The Bertz CT molecular complexity index is 761. The van der Waals surface area contributed by atoms with Crippen LogP contribution in [0.3, 0.4) is 0 Å². The standard InChI is InChI=1S/C21H29N3O5/c1-20(2,3)29-18(26)23-11-7-10-21(15-23)14-22-17(25)12-24(21)19(27)28-13-16-8-5-4-6-9-16/h4-6,8-9H,7,10-15H2,1-3H3,(H,22,25)/t21-/m1/s1. The number of carbonyl (C=O) groups excluding carboxylic acids is 3. The molecule has 1 aromatic carbocycles. The second kappa shape index (κ2) is 8.31. The summed E-state index contributed by atoms with van der Waals surface area (Å²) in [4.78, 5) is 40.6. The maximum atomic E-state index is 12.9. The van der Waals surface area contributed by atoms with E-state index in [-0.39, 0.29) is 25.6 Å². The first-order valence-electron chi connectivity index (χ1n) is 9.91. The van der Waals surface area contributed by atoms with Crippen LogP contribution in [0, 0.1) is 0 Å². The molecule has 1 atom stereocenters. The van der Waals surface area contributed by atoms with E-state index in [1.807, 2.05) is 51.1 Å². The molecule has 0 unspecified atom stereocenters. The highest BCUT2D eigenvalue weighted by molar-refractivity contribution is 5.84. The third-order valence-corrected chi connectivity index (χ3v) is 5.12. The molecule has 0 saturated carbocycles. The summed E-state index contributed by atoms with van der Waals surface area (Å²) in [5, 5.41) is 2.84. The van der Waals surface area contributed by atoms with Crippen LogP contribution in [0.5, 0.6) is 0 Å². The summed E-state index contributed by atoms with van der Waals surface area (Å²) < 4.78 is 11.0. The molecule has 2 heterocycles. The Morgan fingerprint density at radius 2 is 1.90 bits per heavy atom. The molecular formula is C21H29N3O5. The van der Waals surface area contributed by atoms with Crippen molar-refractivity contribution in [1.82, 2.24) is 15.1 Å². The zero-order valence-electron chi connectivity index (χ0n) is 17.3. The third-order valence-electron chi connectivity index (χ3n) is 5.12. The summed E-state index contributed by atoms with van der Waals surface area (Å²) in [6.45, 7) is 6.63. The fourth-order valence-electron chi connectivity index (χ4n) is 3.74.